The average molecular weight is 169 g/mol. The Morgan fingerprint density at radius 1 is 1.50 bits per heavy atom. The van der Waals surface area contributed by atoms with Crippen molar-refractivity contribution in [1.29, 1.82) is 0 Å². The van der Waals surface area contributed by atoms with E-state index in [1.165, 1.54) is 0 Å². The highest BCUT2D eigenvalue weighted by molar-refractivity contribution is 5.33. The van der Waals surface area contributed by atoms with Gasteiger partial charge >= 0.3 is 0 Å². The summed E-state index contributed by atoms with van der Waals surface area (Å²) in [6.07, 6.45) is 4.72. The lowest BCUT2D eigenvalue weighted by Crippen LogP contribution is -2.31. The zero-order valence-corrected chi connectivity index (χ0v) is 7.51. The summed E-state index contributed by atoms with van der Waals surface area (Å²) in [6.45, 7) is 4.38. The van der Waals surface area contributed by atoms with E-state index in [0.29, 0.717) is 6.54 Å². The van der Waals surface area contributed by atoms with Crippen LogP contribution in [0.25, 0.3) is 0 Å². The molecule has 0 radical (unpaired) electrons. The minimum absolute atomic E-state index is 0.218. The molecule has 1 fully saturated rings. The molecule has 0 aromatic heterocycles. The van der Waals surface area contributed by atoms with Gasteiger partial charge in [-0.15, -0.1) is 0 Å². The number of isocyanates is 1. The Morgan fingerprint density at radius 3 is 2.67 bits per heavy atom. The van der Waals surface area contributed by atoms with Gasteiger partial charge < -0.3 is 4.74 Å². The third-order valence-electron chi connectivity index (χ3n) is 2.78. The third kappa shape index (κ3) is 2.16. The molecular formula is C9H15NO2. The third-order valence-corrected chi connectivity index (χ3v) is 2.78. The highest BCUT2D eigenvalue weighted by Crippen LogP contribution is 2.33. The maximum absolute atomic E-state index is 9.98. The maximum atomic E-state index is 9.98. The first-order valence-corrected chi connectivity index (χ1v) is 4.44. The molecule has 1 aliphatic rings. The van der Waals surface area contributed by atoms with Crippen molar-refractivity contribution in [3.05, 3.63) is 0 Å². The van der Waals surface area contributed by atoms with Gasteiger partial charge in [0.25, 0.3) is 0 Å². The Labute approximate surface area is 72.8 Å². The fourth-order valence-corrected chi connectivity index (χ4v) is 1.63. The summed E-state index contributed by atoms with van der Waals surface area (Å²) >= 11 is 0. The molecule has 0 bridgehead atoms. The van der Waals surface area contributed by atoms with Crippen molar-refractivity contribution in [2.45, 2.75) is 26.2 Å². The van der Waals surface area contributed by atoms with Crippen LogP contribution in [0.3, 0.4) is 0 Å². The molecule has 1 aliphatic heterocycles. The molecule has 12 heavy (non-hydrogen) atoms. The Morgan fingerprint density at radius 2 is 2.17 bits per heavy atom. The summed E-state index contributed by atoms with van der Waals surface area (Å²) in [5, 5.41) is 0. The molecule has 0 spiro atoms. The lowest BCUT2D eigenvalue weighted by atomic mass is 9.78. The first-order chi connectivity index (χ1) is 5.83. The molecule has 0 saturated carbocycles. The predicted octanol–water partition coefficient (Wildman–Crippen LogP) is 1.53. The Balaban J connectivity index is 2.53. The van der Waals surface area contributed by atoms with Crippen LogP contribution in [0.1, 0.15) is 26.2 Å². The summed E-state index contributed by atoms with van der Waals surface area (Å²) in [6, 6.07) is 0. The van der Waals surface area contributed by atoms with Gasteiger partial charge in [-0.05, 0) is 24.7 Å². The molecule has 3 heteroatoms. The Kier molecular flexibility index (Phi) is 3.45. The molecule has 1 heterocycles. The van der Waals surface area contributed by atoms with Crippen LogP contribution in [-0.4, -0.2) is 25.8 Å². The molecule has 0 aromatic carbocycles. The molecule has 0 atom stereocenters. The highest BCUT2D eigenvalue weighted by Gasteiger charge is 2.30. The molecule has 1 rings (SSSR count). The van der Waals surface area contributed by atoms with Crippen LogP contribution in [0.2, 0.25) is 0 Å². The van der Waals surface area contributed by atoms with Crippen LogP contribution < -0.4 is 0 Å². The molecule has 0 unspecified atom stereocenters. The van der Waals surface area contributed by atoms with Crippen LogP contribution in [0.15, 0.2) is 4.99 Å². The smallest absolute Gasteiger partial charge is 0.234 e. The van der Waals surface area contributed by atoms with E-state index in [0.717, 1.165) is 32.5 Å². The molecule has 0 aliphatic carbocycles. The van der Waals surface area contributed by atoms with Gasteiger partial charge in [-0.25, -0.2) is 9.79 Å². The number of carbonyl (C=O) groups excluding carboxylic acids is 1. The highest BCUT2D eigenvalue weighted by atomic mass is 16.5. The van der Waals surface area contributed by atoms with Crippen molar-refractivity contribution in [3.63, 3.8) is 0 Å². The largest absolute Gasteiger partial charge is 0.381 e. The van der Waals surface area contributed by atoms with E-state index in [2.05, 4.69) is 11.9 Å². The molecule has 68 valence electrons. The van der Waals surface area contributed by atoms with E-state index < -0.39 is 0 Å². The van der Waals surface area contributed by atoms with Crippen LogP contribution in [0, 0.1) is 5.41 Å². The maximum Gasteiger partial charge on any atom is 0.234 e. The number of ether oxygens (including phenoxy) is 1. The lowest BCUT2D eigenvalue weighted by Gasteiger charge is -2.34. The second-order valence-electron chi connectivity index (χ2n) is 3.37. The van der Waals surface area contributed by atoms with E-state index in [-0.39, 0.29) is 5.41 Å². The number of rotatable bonds is 3. The van der Waals surface area contributed by atoms with Crippen LogP contribution >= 0.6 is 0 Å². The van der Waals surface area contributed by atoms with Gasteiger partial charge in [0.05, 0.1) is 6.54 Å². The van der Waals surface area contributed by atoms with E-state index >= 15 is 0 Å². The van der Waals surface area contributed by atoms with Crippen molar-refractivity contribution in [2.75, 3.05) is 19.8 Å². The minimum atomic E-state index is 0.218. The van der Waals surface area contributed by atoms with Gasteiger partial charge in [0, 0.05) is 13.2 Å². The van der Waals surface area contributed by atoms with Crippen molar-refractivity contribution in [1.82, 2.24) is 0 Å². The van der Waals surface area contributed by atoms with Crippen molar-refractivity contribution >= 4 is 6.08 Å². The number of hydrogen-bond donors (Lipinski definition) is 0. The van der Waals surface area contributed by atoms with E-state index in [1.807, 2.05) is 0 Å². The van der Waals surface area contributed by atoms with Crippen molar-refractivity contribution in [3.8, 4) is 0 Å². The fraction of sp³-hybridized carbons (Fsp3) is 0.889. The van der Waals surface area contributed by atoms with Gasteiger partial charge in [0.2, 0.25) is 6.08 Å². The minimum Gasteiger partial charge on any atom is -0.381 e. The number of aliphatic imine (C=N–C) groups is 1. The predicted molar refractivity (Wildman–Crippen MR) is 45.8 cm³/mol. The molecule has 0 aromatic rings. The molecular weight excluding hydrogens is 154 g/mol. The van der Waals surface area contributed by atoms with Gasteiger partial charge in [-0.1, -0.05) is 6.92 Å². The van der Waals surface area contributed by atoms with Gasteiger partial charge in [0.15, 0.2) is 0 Å². The first kappa shape index (κ1) is 9.43. The zero-order chi connectivity index (χ0) is 8.86. The van der Waals surface area contributed by atoms with Crippen LogP contribution in [0.4, 0.5) is 0 Å². The van der Waals surface area contributed by atoms with E-state index in [1.54, 1.807) is 6.08 Å². The van der Waals surface area contributed by atoms with Gasteiger partial charge in [-0.3, -0.25) is 0 Å². The summed E-state index contributed by atoms with van der Waals surface area (Å²) in [4.78, 5) is 13.7. The second-order valence-corrected chi connectivity index (χ2v) is 3.37. The summed E-state index contributed by atoms with van der Waals surface area (Å²) in [5.41, 5.74) is 0.218. The summed E-state index contributed by atoms with van der Waals surface area (Å²) in [5.74, 6) is 0. The second kappa shape index (κ2) is 4.39. The summed E-state index contributed by atoms with van der Waals surface area (Å²) in [7, 11) is 0. The average Bonchev–Trinajstić information content (AvgIpc) is 2.16. The first-order valence-electron chi connectivity index (χ1n) is 4.44. The fourth-order valence-electron chi connectivity index (χ4n) is 1.63. The van der Waals surface area contributed by atoms with Crippen LogP contribution in [0.5, 0.6) is 0 Å². The van der Waals surface area contributed by atoms with Crippen molar-refractivity contribution < 1.29 is 9.53 Å². The van der Waals surface area contributed by atoms with Crippen molar-refractivity contribution in [2.24, 2.45) is 10.4 Å². The molecule has 1 saturated heterocycles. The SMILES string of the molecule is CCC1(CN=C=O)CCOCC1. The quantitative estimate of drug-likeness (QED) is 0.474. The van der Waals surface area contributed by atoms with E-state index in [4.69, 9.17) is 4.74 Å². The van der Waals surface area contributed by atoms with E-state index in [9.17, 15) is 4.79 Å². The summed E-state index contributed by atoms with van der Waals surface area (Å²) < 4.78 is 5.27. The zero-order valence-electron chi connectivity index (χ0n) is 7.51. The molecule has 0 amide bonds. The van der Waals surface area contributed by atoms with Gasteiger partial charge in [0.1, 0.15) is 0 Å². The monoisotopic (exact) mass is 169 g/mol. The van der Waals surface area contributed by atoms with Crippen LogP contribution in [-0.2, 0) is 9.53 Å². The number of hydrogen-bond acceptors (Lipinski definition) is 3. The normalized spacial score (nSPS) is 21.4. The standard InChI is InChI=1S/C9H15NO2/c1-2-9(7-10-8-11)3-5-12-6-4-9/h2-7H2,1H3. The van der Waals surface area contributed by atoms with Gasteiger partial charge in [-0.2, -0.15) is 0 Å². The Hall–Kier alpha value is -0.660. The molecule has 3 nitrogen and oxygen atoms in total. The Bertz CT molecular complexity index is 179. The number of nitrogens with zero attached hydrogens (tertiary/aromatic N) is 1. The molecule has 0 N–H and O–H groups in total. The lowest BCUT2D eigenvalue weighted by molar-refractivity contribution is 0.0174. The topological polar surface area (TPSA) is 38.7 Å².